The summed E-state index contributed by atoms with van der Waals surface area (Å²) in [4.78, 5) is 63.2. The van der Waals surface area contributed by atoms with Crippen molar-refractivity contribution < 1.29 is 28.7 Å². The van der Waals surface area contributed by atoms with E-state index in [-0.39, 0.29) is 54.9 Å². The highest BCUT2D eigenvalue weighted by atomic mass is 19.1. The predicted octanol–water partition coefficient (Wildman–Crippen LogP) is 0.0471. The van der Waals surface area contributed by atoms with Gasteiger partial charge < -0.3 is 25.5 Å². The van der Waals surface area contributed by atoms with E-state index < -0.39 is 29.1 Å². The number of likely N-dealkylation sites (N-methyl/N-ethyl adjacent to an activating group) is 1. The van der Waals surface area contributed by atoms with Crippen molar-refractivity contribution in [2.45, 2.75) is 31.3 Å². The van der Waals surface area contributed by atoms with E-state index in [4.69, 9.17) is 0 Å². The first-order chi connectivity index (χ1) is 19.0. The van der Waals surface area contributed by atoms with E-state index in [1.165, 1.54) is 43.3 Å². The number of benzene rings is 1. The maximum Gasteiger partial charge on any atom is 0.311 e. The van der Waals surface area contributed by atoms with Crippen LogP contribution in [-0.2, 0) is 32.8 Å². The van der Waals surface area contributed by atoms with Crippen LogP contribution in [0, 0.1) is 11.7 Å². The minimum absolute atomic E-state index is 0.0181. The van der Waals surface area contributed by atoms with Crippen LogP contribution in [-0.4, -0.2) is 91.7 Å². The summed E-state index contributed by atoms with van der Waals surface area (Å²) in [6.07, 6.45) is 2.31. The fourth-order valence-corrected chi connectivity index (χ4v) is 5.42. The Morgan fingerprint density at radius 1 is 1.27 bits per heavy atom. The third kappa shape index (κ3) is 4.69. The standard InChI is InChI=1S/C26H29FN8O5/c1-33(2)24(40)23(39)32-26-7-6-14(8-19(26)37)11-35-12-18(36)20(31-25(26)35)22(38)28-10-15-4-5-16(27)9-17(15)21-29-13-30-34(21)3/h4-5,9,13-14,36H,6-8,10-12H2,1-3H3,(H,28,38)(H,32,39). The molecule has 4 heterocycles. The average molecular weight is 553 g/mol. The summed E-state index contributed by atoms with van der Waals surface area (Å²) in [6, 6.07) is 4.05. The molecule has 3 fully saturated rings. The van der Waals surface area contributed by atoms with Crippen LogP contribution >= 0.6 is 0 Å². The molecule has 6 rings (SSSR count). The largest absolute Gasteiger partial charge is 0.508 e. The van der Waals surface area contributed by atoms with Crippen LogP contribution in [0.15, 0.2) is 41.0 Å². The van der Waals surface area contributed by atoms with Gasteiger partial charge in [-0.1, -0.05) is 6.07 Å². The lowest BCUT2D eigenvalue weighted by Crippen LogP contribution is -2.65. The van der Waals surface area contributed by atoms with Crippen molar-refractivity contribution in [3.05, 3.63) is 47.4 Å². The Balaban J connectivity index is 1.44. The molecule has 1 saturated carbocycles. The molecular weight excluding hydrogens is 523 g/mol. The number of aliphatic hydroxyl groups excluding tert-OH is 1. The lowest BCUT2D eigenvalue weighted by molar-refractivity contribution is -0.146. The molecule has 2 aromatic rings. The number of Topliss-reactive ketones (excluding diaryl/α,β-unsaturated/α-hetero) is 1. The maximum atomic E-state index is 14.0. The number of aryl methyl sites for hydroxylation is 1. The Morgan fingerprint density at radius 2 is 2.05 bits per heavy atom. The van der Waals surface area contributed by atoms with Gasteiger partial charge in [-0.15, -0.1) is 0 Å². The number of aromatic nitrogens is 3. The fraction of sp³-hybridized carbons (Fsp3) is 0.423. The van der Waals surface area contributed by atoms with E-state index in [1.54, 1.807) is 11.9 Å². The summed E-state index contributed by atoms with van der Waals surface area (Å²) in [5, 5.41) is 20.1. The molecule has 2 atom stereocenters. The highest BCUT2D eigenvalue weighted by molar-refractivity contribution is 6.36. The lowest BCUT2D eigenvalue weighted by Gasteiger charge is -2.39. The Morgan fingerprint density at radius 3 is 2.73 bits per heavy atom. The van der Waals surface area contributed by atoms with Crippen LogP contribution in [0.25, 0.3) is 11.4 Å². The number of aliphatic hydroxyl groups is 1. The molecular formula is C26H29FN8O5. The van der Waals surface area contributed by atoms with Gasteiger partial charge in [-0.2, -0.15) is 5.10 Å². The number of aliphatic imine (C=N–C) groups is 1. The van der Waals surface area contributed by atoms with E-state index in [0.29, 0.717) is 29.9 Å². The molecule has 3 N–H and O–H groups in total. The van der Waals surface area contributed by atoms with Crippen molar-refractivity contribution in [1.29, 1.82) is 0 Å². The van der Waals surface area contributed by atoms with E-state index in [0.717, 1.165) is 4.90 Å². The van der Waals surface area contributed by atoms with Gasteiger partial charge in [0.15, 0.2) is 22.8 Å². The van der Waals surface area contributed by atoms with Gasteiger partial charge in [-0.25, -0.2) is 19.0 Å². The third-order valence-electron chi connectivity index (χ3n) is 7.48. The number of ketones is 1. The monoisotopic (exact) mass is 552 g/mol. The van der Waals surface area contributed by atoms with Crippen molar-refractivity contribution >= 4 is 29.3 Å². The molecule has 0 spiro atoms. The summed E-state index contributed by atoms with van der Waals surface area (Å²) < 4.78 is 15.5. The highest BCUT2D eigenvalue weighted by Gasteiger charge is 2.55. The Kier molecular flexibility index (Phi) is 6.85. The van der Waals surface area contributed by atoms with Gasteiger partial charge in [0.2, 0.25) is 0 Å². The number of carbonyl (C=O) groups excluding carboxylic acids is 4. The number of hydrogen-bond acceptors (Lipinski definition) is 9. The Labute approximate surface area is 228 Å². The van der Waals surface area contributed by atoms with Gasteiger partial charge >= 0.3 is 11.8 Å². The summed E-state index contributed by atoms with van der Waals surface area (Å²) in [7, 11) is 4.51. The molecule has 1 aliphatic carbocycles. The van der Waals surface area contributed by atoms with Crippen LogP contribution in [0.2, 0.25) is 0 Å². The third-order valence-corrected chi connectivity index (χ3v) is 7.48. The number of nitrogens with one attached hydrogen (secondary N) is 2. The molecule has 2 unspecified atom stereocenters. The van der Waals surface area contributed by atoms with Crippen molar-refractivity contribution in [3.8, 4) is 11.4 Å². The fourth-order valence-electron chi connectivity index (χ4n) is 5.42. The molecule has 2 bridgehead atoms. The molecule has 4 aliphatic rings. The van der Waals surface area contributed by atoms with Gasteiger partial charge in [0.25, 0.3) is 5.91 Å². The minimum atomic E-state index is -1.60. The number of fused-ring (bicyclic) bond motifs is 2. The van der Waals surface area contributed by atoms with Gasteiger partial charge in [0, 0.05) is 46.2 Å². The Hall–Kier alpha value is -4.62. The number of carbonyl (C=O) groups is 4. The number of amidine groups is 1. The number of hydrogen-bond donors (Lipinski definition) is 3. The molecule has 1 aromatic carbocycles. The maximum absolute atomic E-state index is 14.0. The van der Waals surface area contributed by atoms with E-state index in [2.05, 4.69) is 25.7 Å². The zero-order valence-corrected chi connectivity index (χ0v) is 22.3. The van der Waals surface area contributed by atoms with Crippen molar-refractivity contribution in [3.63, 3.8) is 0 Å². The molecule has 2 saturated heterocycles. The Bertz CT molecular complexity index is 1480. The minimum Gasteiger partial charge on any atom is -0.508 e. The zero-order valence-electron chi connectivity index (χ0n) is 22.3. The van der Waals surface area contributed by atoms with Crippen LogP contribution in [0.3, 0.4) is 0 Å². The first-order valence-electron chi connectivity index (χ1n) is 12.7. The van der Waals surface area contributed by atoms with Crippen molar-refractivity contribution in [1.82, 2.24) is 35.2 Å². The summed E-state index contributed by atoms with van der Waals surface area (Å²) in [5.74, 6) is -3.09. The molecule has 3 amide bonds. The highest BCUT2D eigenvalue weighted by Crippen LogP contribution is 2.38. The smallest absolute Gasteiger partial charge is 0.311 e. The zero-order chi connectivity index (χ0) is 28.8. The molecule has 3 aliphatic heterocycles. The molecule has 0 radical (unpaired) electrons. The average Bonchev–Trinajstić information content (AvgIpc) is 3.23. The molecule has 40 heavy (non-hydrogen) atoms. The molecule has 210 valence electrons. The van der Waals surface area contributed by atoms with Crippen LogP contribution in [0.5, 0.6) is 0 Å². The van der Waals surface area contributed by atoms with Crippen LogP contribution in [0.4, 0.5) is 4.39 Å². The van der Waals surface area contributed by atoms with Gasteiger partial charge in [0.1, 0.15) is 23.7 Å². The predicted molar refractivity (Wildman–Crippen MR) is 139 cm³/mol. The number of nitrogens with zero attached hydrogens (tertiary/aromatic N) is 6. The first kappa shape index (κ1) is 27.0. The molecule has 13 nitrogen and oxygen atoms in total. The SMILES string of the molecule is CN(C)C(=O)C(=O)NC12CCC(CC1=O)CN1CC(O)=C(C(=O)NCc3ccc(F)cc3-c3ncnn3C)N=C12. The normalized spacial score (nSPS) is 21.9. The lowest BCUT2D eigenvalue weighted by atomic mass is 9.76. The van der Waals surface area contributed by atoms with E-state index >= 15 is 0 Å². The second-order valence-corrected chi connectivity index (χ2v) is 10.4. The van der Waals surface area contributed by atoms with E-state index in [9.17, 15) is 28.7 Å². The second kappa shape index (κ2) is 10.2. The van der Waals surface area contributed by atoms with Crippen LogP contribution in [0.1, 0.15) is 24.8 Å². The van der Waals surface area contributed by atoms with Crippen molar-refractivity contribution in [2.24, 2.45) is 18.0 Å². The van der Waals surface area contributed by atoms with Gasteiger partial charge in [-0.05, 0) is 36.5 Å². The van der Waals surface area contributed by atoms with Crippen LogP contribution < -0.4 is 10.6 Å². The number of amides is 3. The summed E-state index contributed by atoms with van der Waals surface area (Å²) in [6.45, 7) is 0.262. The quantitative estimate of drug-likeness (QED) is 0.438. The summed E-state index contributed by atoms with van der Waals surface area (Å²) >= 11 is 0. The summed E-state index contributed by atoms with van der Waals surface area (Å²) in [5.41, 5.74) is -0.931. The first-order valence-corrected chi connectivity index (χ1v) is 12.7. The second-order valence-electron chi connectivity index (χ2n) is 10.4. The van der Waals surface area contributed by atoms with Gasteiger partial charge in [-0.3, -0.25) is 19.2 Å². The van der Waals surface area contributed by atoms with Gasteiger partial charge in [0.05, 0.1) is 6.54 Å². The molecule has 1 aromatic heterocycles. The number of rotatable bonds is 5. The van der Waals surface area contributed by atoms with Crippen molar-refractivity contribution in [2.75, 3.05) is 27.2 Å². The number of halogens is 1. The molecule has 14 heteroatoms. The topological polar surface area (TPSA) is 162 Å². The van der Waals surface area contributed by atoms with E-state index in [1.807, 2.05) is 0 Å².